The van der Waals surface area contributed by atoms with Gasteiger partial charge in [0.2, 0.25) is 0 Å². The summed E-state index contributed by atoms with van der Waals surface area (Å²) >= 11 is 7.69. The molecular weight excluding hydrogens is 237 g/mol. The van der Waals surface area contributed by atoms with Crippen molar-refractivity contribution in [3.8, 4) is 0 Å². The molecule has 0 aliphatic heterocycles. The van der Waals surface area contributed by atoms with E-state index in [4.69, 9.17) is 17.3 Å². The van der Waals surface area contributed by atoms with Gasteiger partial charge in [0.25, 0.3) is 0 Å². The monoisotopic (exact) mass is 251 g/mol. The molecule has 0 aromatic heterocycles. The maximum Gasteiger partial charge on any atom is 0.0410 e. The topological polar surface area (TPSA) is 26.0 Å². The molecule has 0 fully saturated rings. The lowest BCUT2D eigenvalue weighted by Gasteiger charge is -2.09. The third-order valence-corrected chi connectivity index (χ3v) is 2.96. The number of benzene rings is 1. The molecule has 80 valence electrons. The summed E-state index contributed by atoms with van der Waals surface area (Å²) < 4.78 is 0. The molecule has 0 amide bonds. The summed E-state index contributed by atoms with van der Waals surface area (Å²) in [4.78, 5) is 1.24. The summed E-state index contributed by atoms with van der Waals surface area (Å²) in [6.45, 7) is 4.88. The van der Waals surface area contributed by atoms with Gasteiger partial charge in [0.05, 0.1) is 0 Å². The van der Waals surface area contributed by atoms with E-state index < -0.39 is 0 Å². The lowest BCUT2D eigenvalue weighted by molar-refractivity contribution is 1.02. The highest BCUT2D eigenvalue weighted by Gasteiger charge is 2.04. The number of halogens is 2. The Labute approximate surface area is 101 Å². The summed E-state index contributed by atoms with van der Waals surface area (Å²) in [6.07, 6.45) is 0. The van der Waals surface area contributed by atoms with Crippen LogP contribution in [0.1, 0.15) is 19.4 Å². The first-order valence-electron chi connectivity index (χ1n) is 4.28. The normalized spacial score (nSPS) is 10.1. The van der Waals surface area contributed by atoms with Gasteiger partial charge in [-0.3, -0.25) is 0 Å². The molecule has 0 atom stereocenters. The second kappa shape index (κ2) is 6.57. The van der Waals surface area contributed by atoms with E-state index in [1.807, 2.05) is 30.0 Å². The van der Waals surface area contributed by atoms with E-state index in [0.717, 1.165) is 10.6 Å². The third-order valence-electron chi connectivity index (χ3n) is 1.61. The van der Waals surface area contributed by atoms with Gasteiger partial charge in [-0.15, -0.1) is 24.2 Å². The molecule has 0 heterocycles. The summed E-state index contributed by atoms with van der Waals surface area (Å²) in [7, 11) is 0. The van der Waals surface area contributed by atoms with Crippen molar-refractivity contribution < 1.29 is 0 Å². The van der Waals surface area contributed by atoms with Crippen LogP contribution in [-0.4, -0.2) is 5.25 Å². The fourth-order valence-corrected chi connectivity index (χ4v) is 2.22. The van der Waals surface area contributed by atoms with Crippen molar-refractivity contribution in [2.45, 2.75) is 30.5 Å². The van der Waals surface area contributed by atoms with Crippen LogP contribution in [-0.2, 0) is 6.54 Å². The summed E-state index contributed by atoms with van der Waals surface area (Å²) in [6, 6.07) is 5.88. The fraction of sp³-hybridized carbons (Fsp3) is 0.400. The Bertz CT molecular complexity index is 289. The number of hydrogen-bond acceptors (Lipinski definition) is 2. The first-order chi connectivity index (χ1) is 6.13. The molecule has 0 unspecified atom stereocenters. The number of thioether (sulfide) groups is 1. The predicted molar refractivity (Wildman–Crippen MR) is 67.6 cm³/mol. The van der Waals surface area contributed by atoms with Crippen LogP contribution in [0, 0.1) is 0 Å². The van der Waals surface area contributed by atoms with Crippen molar-refractivity contribution in [2.24, 2.45) is 5.73 Å². The highest BCUT2D eigenvalue weighted by molar-refractivity contribution is 8.00. The Hall–Kier alpha value is 0.110. The number of nitrogens with two attached hydrogens (primary N) is 1. The van der Waals surface area contributed by atoms with Crippen molar-refractivity contribution >= 4 is 35.8 Å². The van der Waals surface area contributed by atoms with Crippen molar-refractivity contribution in [1.82, 2.24) is 0 Å². The molecular formula is C10H15Cl2NS. The van der Waals surface area contributed by atoms with Crippen LogP contribution in [0.4, 0.5) is 0 Å². The van der Waals surface area contributed by atoms with E-state index >= 15 is 0 Å². The molecule has 2 N–H and O–H groups in total. The van der Waals surface area contributed by atoms with Gasteiger partial charge in [-0.25, -0.2) is 0 Å². The molecule has 0 saturated heterocycles. The molecule has 0 bridgehead atoms. The van der Waals surface area contributed by atoms with Crippen molar-refractivity contribution in [3.05, 3.63) is 28.8 Å². The quantitative estimate of drug-likeness (QED) is 0.829. The van der Waals surface area contributed by atoms with Gasteiger partial charge in [-0.2, -0.15) is 0 Å². The average Bonchev–Trinajstić information content (AvgIpc) is 2.07. The van der Waals surface area contributed by atoms with Gasteiger partial charge in [0.1, 0.15) is 0 Å². The molecule has 0 radical (unpaired) electrons. The zero-order valence-corrected chi connectivity index (χ0v) is 10.7. The van der Waals surface area contributed by atoms with Gasteiger partial charge in [0, 0.05) is 21.7 Å². The van der Waals surface area contributed by atoms with E-state index in [-0.39, 0.29) is 12.4 Å². The molecule has 1 aromatic rings. The Morgan fingerprint density at radius 1 is 1.43 bits per heavy atom. The molecule has 1 rings (SSSR count). The first-order valence-corrected chi connectivity index (χ1v) is 5.54. The Morgan fingerprint density at radius 2 is 2.07 bits per heavy atom. The predicted octanol–water partition coefficient (Wildman–Crippen LogP) is 3.72. The smallest absolute Gasteiger partial charge is 0.0410 e. The van der Waals surface area contributed by atoms with Crippen molar-refractivity contribution in [1.29, 1.82) is 0 Å². The third kappa shape index (κ3) is 4.09. The maximum absolute atomic E-state index is 5.87. The number of rotatable bonds is 3. The molecule has 0 spiro atoms. The average molecular weight is 252 g/mol. The largest absolute Gasteiger partial charge is 0.326 e. The molecule has 14 heavy (non-hydrogen) atoms. The van der Waals surface area contributed by atoms with Crippen LogP contribution in [0.5, 0.6) is 0 Å². The van der Waals surface area contributed by atoms with Gasteiger partial charge in [-0.05, 0) is 23.8 Å². The van der Waals surface area contributed by atoms with Crippen LogP contribution >= 0.6 is 35.8 Å². The minimum absolute atomic E-state index is 0. The van der Waals surface area contributed by atoms with Crippen molar-refractivity contribution in [3.63, 3.8) is 0 Å². The highest BCUT2D eigenvalue weighted by Crippen LogP contribution is 2.28. The maximum atomic E-state index is 5.87. The summed E-state index contributed by atoms with van der Waals surface area (Å²) in [5.41, 5.74) is 6.75. The van der Waals surface area contributed by atoms with Gasteiger partial charge < -0.3 is 5.73 Å². The minimum atomic E-state index is 0. The van der Waals surface area contributed by atoms with Crippen molar-refractivity contribution in [2.75, 3.05) is 0 Å². The Kier molecular flexibility index (Phi) is 6.62. The lowest BCUT2D eigenvalue weighted by Crippen LogP contribution is -1.99. The molecule has 0 saturated carbocycles. The van der Waals surface area contributed by atoms with E-state index in [0.29, 0.717) is 11.8 Å². The Balaban J connectivity index is 0.00000169. The van der Waals surface area contributed by atoms with Crippen LogP contribution in [0.3, 0.4) is 0 Å². The summed E-state index contributed by atoms with van der Waals surface area (Å²) in [5.74, 6) is 0. The van der Waals surface area contributed by atoms with Crippen LogP contribution in [0.2, 0.25) is 5.02 Å². The van der Waals surface area contributed by atoms with Crippen LogP contribution < -0.4 is 5.73 Å². The van der Waals surface area contributed by atoms with E-state index in [9.17, 15) is 0 Å². The summed E-state index contributed by atoms with van der Waals surface area (Å²) in [5, 5.41) is 1.33. The molecule has 1 nitrogen and oxygen atoms in total. The standard InChI is InChI=1S/C10H14ClNS.ClH/c1-7(2)13-10-4-3-9(11)5-8(10)6-12;/h3-5,7H,6,12H2,1-2H3;1H. The molecule has 0 aliphatic carbocycles. The SMILES string of the molecule is CC(C)Sc1ccc(Cl)cc1CN.Cl. The zero-order valence-electron chi connectivity index (χ0n) is 8.29. The second-order valence-corrected chi connectivity index (χ2v) is 5.18. The minimum Gasteiger partial charge on any atom is -0.326 e. The van der Waals surface area contributed by atoms with Gasteiger partial charge >= 0.3 is 0 Å². The highest BCUT2D eigenvalue weighted by atomic mass is 35.5. The van der Waals surface area contributed by atoms with Crippen LogP contribution in [0.15, 0.2) is 23.1 Å². The van der Waals surface area contributed by atoms with E-state index in [1.54, 1.807) is 0 Å². The van der Waals surface area contributed by atoms with Gasteiger partial charge in [0.15, 0.2) is 0 Å². The fourth-order valence-electron chi connectivity index (χ4n) is 1.08. The first kappa shape index (κ1) is 14.1. The van der Waals surface area contributed by atoms with Crippen LogP contribution in [0.25, 0.3) is 0 Å². The number of hydrogen-bond donors (Lipinski definition) is 1. The molecule has 4 heteroatoms. The molecule has 1 aromatic carbocycles. The zero-order chi connectivity index (χ0) is 9.84. The van der Waals surface area contributed by atoms with Gasteiger partial charge in [-0.1, -0.05) is 25.4 Å². The van der Waals surface area contributed by atoms with E-state index in [2.05, 4.69) is 13.8 Å². The van der Waals surface area contributed by atoms with E-state index in [1.165, 1.54) is 4.90 Å². The second-order valence-electron chi connectivity index (χ2n) is 3.12. The Morgan fingerprint density at radius 3 is 2.57 bits per heavy atom. The molecule has 0 aliphatic rings. The lowest BCUT2D eigenvalue weighted by atomic mass is 10.2.